The third-order valence-electron chi connectivity index (χ3n) is 4.69. The predicted octanol–water partition coefficient (Wildman–Crippen LogP) is 3.44. The quantitative estimate of drug-likeness (QED) is 0.840. The molecule has 5 nitrogen and oxygen atoms in total. The van der Waals surface area contributed by atoms with Gasteiger partial charge in [-0.05, 0) is 43.2 Å². The minimum absolute atomic E-state index is 0.0492. The van der Waals surface area contributed by atoms with Gasteiger partial charge in [-0.25, -0.2) is 0 Å². The maximum atomic E-state index is 12.5. The minimum Gasteiger partial charge on any atom is -0.326 e. The van der Waals surface area contributed by atoms with Gasteiger partial charge in [0.1, 0.15) is 0 Å². The van der Waals surface area contributed by atoms with E-state index in [-0.39, 0.29) is 24.0 Å². The molecule has 1 aliphatic rings. The van der Waals surface area contributed by atoms with E-state index < -0.39 is 5.92 Å². The highest BCUT2D eigenvalue weighted by Gasteiger charge is 2.35. The van der Waals surface area contributed by atoms with Crippen LogP contribution in [0.15, 0.2) is 48.5 Å². The molecule has 0 radical (unpaired) electrons. The Balaban J connectivity index is 1.68. The van der Waals surface area contributed by atoms with Crippen molar-refractivity contribution >= 4 is 29.0 Å². The van der Waals surface area contributed by atoms with Crippen molar-refractivity contribution in [2.75, 3.05) is 16.8 Å². The zero-order chi connectivity index (χ0) is 18.7. The second-order valence-electron chi connectivity index (χ2n) is 6.55. The van der Waals surface area contributed by atoms with Crippen LogP contribution in [-0.4, -0.2) is 24.1 Å². The van der Waals surface area contributed by atoms with E-state index >= 15 is 0 Å². The Morgan fingerprint density at radius 1 is 1.15 bits per heavy atom. The third kappa shape index (κ3) is 3.82. The molecule has 2 aromatic rings. The summed E-state index contributed by atoms with van der Waals surface area (Å²) in [6, 6.07) is 14.7. The number of nitrogens with one attached hydrogen (secondary N) is 1. The van der Waals surface area contributed by atoms with Gasteiger partial charge in [0, 0.05) is 29.9 Å². The monoisotopic (exact) mass is 350 g/mol. The molecule has 3 rings (SSSR count). The van der Waals surface area contributed by atoms with Crippen LogP contribution in [0.3, 0.4) is 0 Å². The Morgan fingerprint density at radius 3 is 2.54 bits per heavy atom. The van der Waals surface area contributed by atoms with Crippen LogP contribution in [0, 0.1) is 5.92 Å². The first-order chi connectivity index (χ1) is 12.5. The van der Waals surface area contributed by atoms with Crippen LogP contribution in [0.4, 0.5) is 11.4 Å². The van der Waals surface area contributed by atoms with E-state index in [1.165, 1.54) is 12.5 Å². The molecule has 0 aromatic heterocycles. The number of amides is 2. The van der Waals surface area contributed by atoms with Crippen LogP contribution >= 0.6 is 0 Å². The van der Waals surface area contributed by atoms with Crippen LogP contribution in [0.1, 0.15) is 36.2 Å². The fourth-order valence-electron chi connectivity index (χ4n) is 3.10. The standard InChI is InChI=1S/C21H22N2O3/c1-3-15-7-9-19(10-8-15)23-13-17(12-20(23)25)21(26)22-18-6-4-5-16(11-18)14(2)24/h4-11,17H,3,12-13H2,1-2H3,(H,22,26). The molecule has 0 aliphatic carbocycles. The highest BCUT2D eigenvalue weighted by atomic mass is 16.2. The Kier molecular flexibility index (Phi) is 5.16. The van der Waals surface area contributed by atoms with Gasteiger partial charge < -0.3 is 10.2 Å². The normalized spacial score (nSPS) is 16.6. The number of hydrogen-bond donors (Lipinski definition) is 1. The van der Waals surface area contributed by atoms with E-state index in [2.05, 4.69) is 12.2 Å². The number of benzene rings is 2. The van der Waals surface area contributed by atoms with Gasteiger partial charge in [0.25, 0.3) is 0 Å². The molecule has 5 heteroatoms. The number of nitrogens with zero attached hydrogens (tertiary/aromatic N) is 1. The number of Topliss-reactive ketones (excluding diaryl/α,β-unsaturated/α-hetero) is 1. The highest BCUT2D eigenvalue weighted by Crippen LogP contribution is 2.26. The molecule has 1 unspecified atom stereocenters. The first kappa shape index (κ1) is 17.9. The van der Waals surface area contributed by atoms with Crippen molar-refractivity contribution in [2.45, 2.75) is 26.7 Å². The van der Waals surface area contributed by atoms with Crippen LogP contribution in [-0.2, 0) is 16.0 Å². The molecule has 0 bridgehead atoms. The highest BCUT2D eigenvalue weighted by molar-refractivity contribution is 6.04. The fourth-order valence-corrected chi connectivity index (χ4v) is 3.10. The van der Waals surface area contributed by atoms with Gasteiger partial charge in [-0.2, -0.15) is 0 Å². The van der Waals surface area contributed by atoms with Gasteiger partial charge in [0.2, 0.25) is 11.8 Å². The second kappa shape index (κ2) is 7.52. The van der Waals surface area contributed by atoms with Gasteiger partial charge in [-0.15, -0.1) is 0 Å². The molecule has 134 valence electrons. The second-order valence-corrected chi connectivity index (χ2v) is 6.55. The lowest BCUT2D eigenvalue weighted by atomic mass is 10.1. The van der Waals surface area contributed by atoms with E-state index in [0.29, 0.717) is 17.8 Å². The average molecular weight is 350 g/mol. The molecular weight excluding hydrogens is 328 g/mol. The molecule has 1 aliphatic heterocycles. The summed E-state index contributed by atoms with van der Waals surface area (Å²) in [7, 11) is 0. The van der Waals surface area contributed by atoms with Gasteiger partial charge in [-0.1, -0.05) is 31.2 Å². The fraction of sp³-hybridized carbons (Fsp3) is 0.286. The maximum Gasteiger partial charge on any atom is 0.229 e. The van der Waals surface area contributed by atoms with Crippen LogP contribution < -0.4 is 10.2 Å². The maximum absolute atomic E-state index is 12.5. The summed E-state index contributed by atoms with van der Waals surface area (Å²) in [6.45, 7) is 3.93. The van der Waals surface area contributed by atoms with Crippen molar-refractivity contribution in [3.63, 3.8) is 0 Å². The van der Waals surface area contributed by atoms with Crippen LogP contribution in [0.25, 0.3) is 0 Å². The smallest absolute Gasteiger partial charge is 0.229 e. The van der Waals surface area contributed by atoms with E-state index in [1.54, 1.807) is 29.2 Å². The minimum atomic E-state index is -0.408. The predicted molar refractivity (Wildman–Crippen MR) is 101 cm³/mol. The summed E-state index contributed by atoms with van der Waals surface area (Å²) in [5, 5.41) is 2.82. The van der Waals surface area contributed by atoms with Gasteiger partial charge in [-0.3, -0.25) is 14.4 Å². The van der Waals surface area contributed by atoms with Crippen molar-refractivity contribution in [3.05, 3.63) is 59.7 Å². The van der Waals surface area contributed by atoms with E-state index in [1.807, 2.05) is 24.3 Å². The molecule has 1 fully saturated rings. The number of rotatable bonds is 5. The SMILES string of the molecule is CCc1ccc(N2CC(C(=O)Nc3cccc(C(C)=O)c3)CC2=O)cc1. The number of anilines is 2. The van der Waals surface area contributed by atoms with Gasteiger partial charge in [0.15, 0.2) is 5.78 Å². The first-order valence-electron chi connectivity index (χ1n) is 8.79. The molecule has 2 amide bonds. The molecule has 1 N–H and O–H groups in total. The molecular formula is C21H22N2O3. The van der Waals surface area contributed by atoms with Crippen molar-refractivity contribution < 1.29 is 14.4 Å². The Labute approximate surface area is 153 Å². The number of carbonyl (C=O) groups is 3. The Morgan fingerprint density at radius 2 is 1.88 bits per heavy atom. The summed E-state index contributed by atoms with van der Waals surface area (Å²) in [5.74, 6) is -0.716. The van der Waals surface area contributed by atoms with E-state index in [4.69, 9.17) is 0 Å². The molecule has 0 spiro atoms. The van der Waals surface area contributed by atoms with Crippen LogP contribution in [0.2, 0.25) is 0 Å². The lowest BCUT2D eigenvalue weighted by Crippen LogP contribution is -2.28. The summed E-state index contributed by atoms with van der Waals surface area (Å²) >= 11 is 0. The van der Waals surface area contributed by atoms with Crippen molar-refractivity contribution in [3.8, 4) is 0 Å². The lowest BCUT2D eigenvalue weighted by molar-refractivity contribution is -0.122. The van der Waals surface area contributed by atoms with Crippen molar-refractivity contribution in [2.24, 2.45) is 5.92 Å². The zero-order valence-electron chi connectivity index (χ0n) is 15.0. The third-order valence-corrected chi connectivity index (χ3v) is 4.69. The van der Waals surface area contributed by atoms with E-state index in [0.717, 1.165) is 12.1 Å². The number of carbonyl (C=O) groups excluding carboxylic acids is 3. The number of ketones is 1. The van der Waals surface area contributed by atoms with Gasteiger partial charge >= 0.3 is 0 Å². The van der Waals surface area contributed by atoms with Gasteiger partial charge in [0.05, 0.1) is 5.92 Å². The molecule has 2 aromatic carbocycles. The summed E-state index contributed by atoms with van der Waals surface area (Å²) in [5.41, 5.74) is 3.14. The first-order valence-corrected chi connectivity index (χ1v) is 8.79. The Hall–Kier alpha value is -2.95. The number of aryl methyl sites for hydroxylation is 1. The van der Waals surface area contributed by atoms with Crippen molar-refractivity contribution in [1.29, 1.82) is 0 Å². The molecule has 1 atom stereocenters. The molecule has 1 heterocycles. The Bertz CT molecular complexity index is 843. The van der Waals surface area contributed by atoms with Crippen LogP contribution in [0.5, 0.6) is 0 Å². The summed E-state index contributed by atoms with van der Waals surface area (Å²) in [4.78, 5) is 38.0. The average Bonchev–Trinajstić information content (AvgIpc) is 3.04. The summed E-state index contributed by atoms with van der Waals surface area (Å²) < 4.78 is 0. The summed E-state index contributed by atoms with van der Waals surface area (Å²) in [6.07, 6.45) is 1.13. The van der Waals surface area contributed by atoms with Crippen molar-refractivity contribution in [1.82, 2.24) is 0 Å². The topological polar surface area (TPSA) is 66.5 Å². The molecule has 1 saturated heterocycles. The molecule has 0 saturated carbocycles. The molecule has 26 heavy (non-hydrogen) atoms. The number of hydrogen-bond acceptors (Lipinski definition) is 3. The largest absolute Gasteiger partial charge is 0.326 e. The van der Waals surface area contributed by atoms with E-state index in [9.17, 15) is 14.4 Å². The lowest BCUT2D eigenvalue weighted by Gasteiger charge is -2.17. The zero-order valence-corrected chi connectivity index (χ0v) is 15.0.